The van der Waals surface area contributed by atoms with Gasteiger partial charge in [-0.1, -0.05) is 68.6 Å². The van der Waals surface area contributed by atoms with Crippen LogP contribution in [-0.2, 0) is 4.79 Å². The second-order valence-corrected chi connectivity index (χ2v) is 10.8. The third-order valence-electron chi connectivity index (χ3n) is 5.97. The van der Waals surface area contributed by atoms with Gasteiger partial charge in [-0.3, -0.25) is 4.79 Å². The van der Waals surface area contributed by atoms with Gasteiger partial charge < -0.3 is 9.42 Å². The van der Waals surface area contributed by atoms with E-state index in [1.165, 1.54) is 0 Å². The fourth-order valence-electron chi connectivity index (χ4n) is 4.00. The first-order valence-corrected chi connectivity index (χ1v) is 13.5. The number of nitrogens with zero attached hydrogens (tertiary/aromatic N) is 3. The number of hydrogen-bond acceptors (Lipinski definition) is 5. The zero-order chi connectivity index (χ0) is 24.4. The van der Waals surface area contributed by atoms with Gasteiger partial charge in [0.2, 0.25) is 5.91 Å². The maximum absolute atomic E-state index is 12.6. The number of carbonyl (C=O) groups is 1. The highest BCUT2D eigenvalue weighted by molar-refractivity contribution is 9.10. The average Bonchev–Trinajstić information content (AvgIpc) is 3.55. The minimum Gasteiger partial charge on any atom is -0.354 e. The summed E-state index contributed by atoms with van der Waals surface area (Å²) in [5, 5.41) is 8.18. The first-order valence-electron chi connectivity index (χ1n) is 11.1. The van der Waals surface area contributed by atoms with Crippen LogP contribution < -0.4 is 0 Å². The van der Waals surface area contributed by atoms with Gasteiger partial charge in [-0.15, -0.1) is 11.3 Å². The highest BCUT2D eigenvalue weighted by Gasteiger charge is 2.25. The van der Waals surface area contributed by atoms with E-state index in [-0.39, 0.29) is 5.91 Å². The standard InChI is InChI=1S/C26H20BrCl2N3O2S/c27-19-4-2-1-3-16(19)6-8-25(33)32-11-9-17(10-12-32)26-30-23(15-35-26)24-14-22(31-34-24)18-5-7-20(28)21(29)13-18/h1-8,13-15,17H,9-12H2. The summed E-state index contributed by atoms with van der Waals surface area (Å²) in [5.41, 5.74) is 3.26. The maximum atomic E-state index is 12.6. The van der Waals surface area contributed by atoms with Gasteiger partial charge in [-0.2, -0.15) is 0 Å². The van der Waals surface area contributed by atoms with E-state index in [1.807, 2.05) is 52.8 Å². The summed E-state index contributed by atoms with van der Waals surface area (Å²) in [6, 6.07) is 15.1. The Bertz CT molecular complexity index is 1390. The molecule has 35 heavy (non-hydrogen) atoms. The van der Waals surface area contributed by atoms with Crippen molar-refractivity contribution in [2.75, 3.05) is 13.1 Å². The van der Waals surface area contributed by atoms with Gasteiger partial charge in [0.1, 0.15) is 11.4 Å². The van der Waals surface area contributed by atoms with E-state index >= 15 is 0 Å². The zero-order valence-electron chi connectivity index (χ0n) is 18.5. The summed E-state index contributed by atoms with van der Waals surface area (Å²) >= 11 is 17.3. The minimum absolute atomic E-state index is 0.0375. The zero-order valence-corrected chi connectivity index (χ0v) is 22.4. The van der Waals surface area contributed by atoms with Crippen molar-refractivity contribution in [2.24, 2.45) is 0 Å². The third-order valence-corrected chi connectivity index (χ3v) is 8.43. The molecule has 0 spiro atoms. The van der Waals surface area contributed by atoms with Crippen LogP contribution >= 0.6 is 50.5 Å². The molecule has 0 aliphatic carbocycles. The van der Waals surface area contributed by atoms with Crippen LogP contribution in [0.1, 0.15) is 29.3 Å². The van der Waals surface area contributed by atoms with Gasteiger partial charge in [-0.25, -0.2) is 4.98 Å². The molecule has 1 aliphatic heterocycles. The molecule has 3 heterocycles. The van der Waals surface area contributed by atoms with Gasteiger partial charge in [0.05, 0.1) is 15.1 Å². The number of piperidine rings is 1. The Labute approximate surface area is 225 Å². The molecule has 0 N–H and O–H groups in total. The van der Waals surface area contributed by atoms with E-state index in [0.29, 0.717) is 40.5 Å². The van der Waals surface area contributed by atoms with E-state index < -0.39 is 0 Å². The molecule has 2 aromatic heterocycles. The summed E-state index contributed by atoms with van der Waals surface area (Å²) in [6.07, 6.45) is 5.27. The monoisotopic (exact) mass is 587 g/mol. The Morgan fingerprint density at radius 2 is 1.89 bits per heavy atom. The molecular formula is C26H20BrCl2N3O2S. The molecule has 0 unspecified atom stereocenters. The quantitative estimate of drug-likeness (QED) is 0.222. The van der Waals surface area contributed by atoms with Crippen LogP contribution in [0.4, 0.5) is 0 Å². The first-order chi connectivity index (χ1) is 17.0. The lowest BCUT2D eigenvalue weighted by Gasteiger charge is -2.30. The molecule has 178 valence electrons. The summed E-state index contributed by atoms with van der Waals surface area (Å²) < 4.78 is 6.52. The maximum Gasteiger partial charge on any atom is 0.246 e. The Balaban J connectivity index is 1.20. The van der Waals surface area contributed by atoms with Crippen LogP contribution in [0, 0.1) is 0 Å². The van der Waals surface area contributed by atoms with E-state index in [4.69, 9.17) is 32.7 Å². The number of hydrogen-bond donors (Lipinski definition) is 0. The second kappa shape index (κ2) is 10.7. The van der Waals surface area contributed by atoms with Crippen LogP contribution in [-0.4, -0.2) is 34.0 Å². The van der Waals surface area contributed by atoms with E-state index in [0.717, 1.165) is 39.1 Å². The topological polar surface area (TPSA) is 59.2 Å². The summed E-state index contributed by atoms with van der Waals surface area (Å²) in [4.78, 5) is 19.4. The smallest absolute Gasteiger partial charge is 0.246 e. The van der Waals surface area contributed by atoms with E-state index in [1.54, 1.807) is 29.5 Å². The van der Waals surface area contributed by atoms with Crippen LogP contribution in [0.2, 0.25) is 10.0 Å². The number of thiazole rings is 1. The van der Waals surface area contributed by atoms with E-state index in [2.05, 4.69) is 21.1 Å². The molecule has 0 saturated carbocycles. The fraction of sp³-hybridized carbons (Fsp3) is 0.192. The van der Waals surface area contributed by atoms with Crippen molar-refractivity contribution in [1.82, 2.24) is 15.0 Å². The molecule has 1 fully saturated rings. The molecule has 0 bridgehead atoms. The van der Waals surface area contributed by atoms with Gasteiger partial charge in [0.15, 0.2) is 5.76 Å². The lowest BCUT2D eigenvalue weighted by atomic mass is 9.97. The molecule has 0 atom stereocenters. The van der Waals surface area contributed by atoms with Crippen molar-refractivity contribution in [2.45, 2.75) is 18.8 Å². The van der Waals surface area contributed by atoms with Crippen molar-refractivity contribution in [3.8, 4) is 22.7 Å². The van der Waals surface area contributed by atoms with Gasteiger partial charge in [-0.05, 0) is 42.7 Å². The number of amides is 1. The van der Waals surface area contributed by atoms with Crippen LogP contribution in [0.3, 0.4) is 0 Å². The van der Waals surface area contributed by atoms with Crippen molar-refractivity contribution in [3.05, 3.63) is 85.1 Å². The lowest BCUT2D eigenvalue weighted by molar-refractivity contribution is -0.126. The molecule has 5 rings (SSSR count). The third kappa shape index (κ3) is 5.54. The van der Waals surface area contributed by atoms with Crippen molar-refractivity contribution >= 4 is 62.5 Å². The van der Waals surface area contributed by atoms with Crippen molar-refractivity contribution in [1.29, 1.82) is 0 Å². The minimum atomic E-state index is 0.0375. The highest BCUT2D eigenvalue weighted by atomic mass is 79.9. The lowest BCUT2D eigenvalue weighted by Crippen LogP contribution is -2.36. The Hall–Kier alpha value is -2.45. The molecule has 5 nitrogen and oxygen atoms in total. The molecule has 1 saturated heterocycles. The molecule has 9 heteroatoms. The average molecular weight is 589 g/mol. The SMILES string of the molecule is O=C(C=Cc1ccccc1Br)N1CCC(c2nc(-c3cc(-c4ccc(Cl)c(Cl)c4)no3)cs2)CC1. The van der Waals surface area contributed by atoms with Crippen LogP contribution in [0.25, 0.3) is 28.8 Å². The summed E-state index contributed by atoms with van der Waals surface area (Å²) in [7, 11) is 0. The Morgan fingerprint density at radius 3 is 2.66 bits per heavy atom. The fourth-order valence-corrected chi connectivity index (χ4v) is 5.69. The number of likely N-dealkylation sites (tertiary alicyclic amines) is 1. The molecule has 1 amide bonds. The summed E-state index contributed by atoms with van der Waals surface area (Å²) in [6.45, 7) is 1.42. The Kier molecular flexibility index (Phi) is 7.39. The van der Waals surface area contributed by atoms with Crippen molar-refractivity contribution < 1.29 is 9.32 Å². The molecule has 1 aliphatic rings. The van der Waals surface area contributed by atoms with E-state index in [9.17, 15) is 4.79 Å². The molecule has 4 aromatic rings. The number of carbonyl (C=O) groups excluding carboxylic acids is 1. The molecular weight excluding hydrogens is 569 g/mol. The highest BCUT2D eigenvalue weighted by Crippen LogP contribution is 2.35. The number of rotatable bonds is 5. The molecule has 0 radical (unpaired) electrons. The van der Waals surface area contributed by atoms with Gasteiger partial charge in [0.25, 0.3) is 0 Å². The van der Waals surface area contributed by atoms with Crippen LogP contribution in [0.5, 0.6) is 0 Å². The number of aromatic nitrogens is 2. The van der Waals surface area contributed by atoms with Crippen LogP contribution in [0.15, 0.2) is 69.0 Å². The van der Waals surface area contributed by atoms with Crippen molar-refractivity contribution in [3.63, 3.8) is 0 Å². The predicted molar refractivity (Wildman–Crippen MR) is 145 cm³/mol. The molecule has 2 aromatic carbocycles. The van der Waals surface area contributed by atoms with Gasteiger partial charge >= 0.3 is 0 Å². The largest absolute Gasteiger partial charge is 0.354 e. The summed E-state index contributed by atoms with van der Waals surface area (Å²) in [5.74, 6) is 0.969. The Morgan fingerprint density at radius 1 is 1.09 bits per heavy atom. The second-order valence-electron chi connectivity index (χ2n) is 8.23. The first kappa shape index (κ1) is 24.3. The predicted octanol–water partition coefficient (Wildman–Crippen LogP) is 7.95. The van der Waals surface area contributed by atoms with Gasteiger partial charge in [0, 0.05) is 46.6 Å². The number of halogens is 3. The normalized spacial score (nSPS) is 14.7. The number of benzene rings is 2.